The summed E-state index contributed by atoms with van der Waals surface area (Å²) in [4.78, 5) is 0. The van der Waals surface area contributed by atoms with Crippen molar-refractivity contribution in [3.8, 4) is 0 Å². The minimum atomic E-state index is -3.94. The topological polar surface area (TPSA) is 125 Å². The van der Waals surface area contributed by atoms with Crippen molar-refractivity contribution in [2.24, 2.45) is 5.14 Å². The molecule has 1 aromatic rings. The summed E-state index contributed by atoms with van der Waals surface area (Å²) >= 11 is 0.744. The number of sulfone groups is 1. The van der Waals surface area contributed by atoms with Gasteiger partial charge in [0.25, 0.3) is 0 Å². The molecular weight excluding hydrogens is 400 g/mol. The molecule has 1 aliphatic rings. The largest absolute Gasteiger partial charge is 0.382 e. The molecule has 2 atom stereocenters. The summed E-state index contributed by atoms with van der Waals surface area (Å²) in [6.07, 6.45) is 1.47. The average Bonchev–Trinajstić information content (AvgIpc) is 3.02. The van der Waals surface area contributed by atoms with E-state index in [1.807, 2.05) is 6.92 Å². The third-order valence-electron chi connectivity index (χ3n) is 4.25. The Hall–Kier alpha value is -0.560. The van der Waals surface area contributed by atoms with Crippen LogP contribution in [0.3, 0.4) is 0 Å². The number of fused-ring (bicyclic) bond motifs is 1. The van der Waals surface area contributed by atoms with E-state index in [1.165, 1.54) is 6.07 Å². The minimum Gasteiger partial charge on any atom is -0.382 e. The van der Waals surface area contributed by atoms with Crippen LogP contribution in [0.15, 0.2) is 14.5 Å². The van der Waals surface area contributed by atoms with Crippen LogP contribution in [0.25, 0.3) is 0 Å². The molecule has 3 N–H and O–H groups in total. The number of hydrogen-bond acceptors (Lipinski definition) is 8. The van der Waals surface area contributed by atoms with Crippen LogP contribution in [0.4, 0.5) is 0 Å². The summed E-state index contributed by atoms with van der Waals surface area (Å²) in [6.45, 7) is 4.01. The second-order valence-corrected chi connectivity index (χ2v) is 11.4. The number of ether oxygens (including phenoxy) is 2. The third-order valence-corrected chi connectivity index (χ3v) is 9.62. The molecule has 1 aliphatic heterocycles. The molecule has 0 unspecified atom stereocenters. The van der Waals surface area contributed by atoms with Gasteiger partial charge in [-0.05, 0) is 31.9 Å². The van der Waals surface area contributed by atoms with E-state index in [2.05, 4.69) is 5.32 Å². The van der Waals surface area contributed by atoms with Gasteiger partial charge in [-0.2, -0.15) is 0 Å². The molecule has 0 fully saturated rings. The normalized spacial score (nSPS) is 22.3. The van der Waals surface area contributed by atoms with E-state index in [4.69, 9.17) is 14.6 Å². The second-order valence-electron chi connectivity index (χ2n) is 6.11. The van der Waals surface area contributed by atoms with Gasteiger partial charge in [0.05, 0.1) is 18.5 Å². The maximum atomic E-state index is 12.9. The predicted molar refractivity (Wildman–Crippen MR) is 99.6 cm³/mol. The lowest BCUT2D eigenvalue weighted by Gasteiger charge is -2.29. The maximum absolute atomic E-state index is 12.9. The molecule has 0 aromatic carbocycles. The molecule has 2 rings (SSSR count). The highest BCUT2D eigenvalue weighted by Crippen LogP contribution is 2.43. The number of hydrogen-bond donors (Lipinski definition) is 2. The Morgan fingerprint density at radius 2 is 2.08 bits per heavy atom. The van der Waals surface area contributed by atoms with Crippen LogP contribution in [0.5, 0.6) is 0 Å². The highest BCUT2D eigenvalue weighted by Gasteiger charge is 2.41. The summed E-state index contributed by atoms with van der Waals surface area (Å²) in [5.41, 5.74) is 0.508. The molecule has 0 spiro atoms. The standard InChI is InChI=1S/C15H26N2O6S3/c1-3-17-13-9-11(5-4-6-23-8-7-22-2)25(18,19)15-12(13)10-14(24-15)26(16,20)21/h10-11,13,17H,3-9H2,1-2H3,(H2,16,20,21)/t11-,13-/m0/s1. The Kier molecular flexibility index (Phi) is 7.60. The van der Waals surface area contributed by atoms with Gasteiger partial charge in [0.15, 0.2) is 9.84 Å². The van der Waals surface area contributed by atoms with Crippen LogP contribution in [0, 0.1) is 0 Å². The molecule has 26 heavy (non-hydrogen) atoms. The average molecular weight is 427 g/mol. The van der Waals surface area contributed by atoms with Gasteiger partial charge in [0.2, 0.25) is 10.0 Å². The van der Waals surface area contributed by atoms with Crippen LogP contribution in [-0.4, -0.2) is 55.6 Å². The fraction of sp³-hybridized carbons (Fsp3) is 0.733. The minimum absolute atomic E-state index is 0.113. The Morgan fingerprint density at radius 1 is 1.35 bits per heavy atom. The van der Waals surface area contributed by atoms with E-state index in [1.54, 1.807) is 7.11 Å². The highest BCUT2D eigenvalue weighted by molar-refractivity contribution is 7.95. The number of rotatable bonds is 10. The van der Waals surface area contributed by atoms with Crippen molar-refractivity contribution in [1.29, 1.82) is 0 Å². The summed E-state index contributed by atoms with van der Waals surface area (Å²) in [6, 6.07) is 1.19. The number of primary sulfonamides is 1. The van der Waals surface area contributed by atoms with E-state index in [0.29, 0.717) is 51.2 Å². The monoisotopic (exact) mass is 426 g/mol. The molecule has 0 saturated carbocycles. The molecule has 0 radical (unpaired) electrons. The maximum Gasteiger partial charge on any atom is 0.247 e. The van der Waals surface area contributed by atoms with Gasteiger partial charge in [-0.3, -0.25) is 0 Å². The molecular formula is C15H26N2O6S3. The molecule has 0 aliphatic carbocycles. The Balaban J connectivity index is 2.19. The van der Waals surface area contributed by atoms with Gasteiger partial charge in [-0.1, -0.05) is 6.92 Å². The van der Waals surface area contributed by atoms with Crippen molar-refractivity contribution in [1.82, 2.24) is 5.32 Å². The molecule has 0 saturated heterocycles. The SMILES string of the molecule is CCN[C@H]1C[C@H](CCCOCCOC)S(=O)(=O)c2sc(S(N)(=O)=O)cc21. The predicted octanol–water partition coefficient (Wildman–Crippen LogP) is 1.04. The zero-order valence-electron chi connectivity index (χ0n) is 14.9. The Bertz CT molecular complexity index is 803. The van der Waals surface area contributed by atoms with Gasteiger partial charge in [-0.25, -0.2) is 22.0 Å². The van der Waals surface area contributed by atoms with Crippen molar-refractivity contribution in [2.45, 2.75) is 45.9 Å². The fourth-order valence-corrected chi connectivity index (χ4v) is 7.76. The van der Waals surface area contributed by atoms with Crippen LogP contribution < -0.4 is 10.5 Å². The van der Waals surface area contributed by atoms with Crippen molar-refractivity contribution in [3.63, 3.8) is 0 Å². The zero-order chi connectivity index (χ0) is 19.4. The highest BCUT2D eigenvalue weighted by atomic mass is 32.3. The van der Waals surface area contributed by atoms with Crippen molar-refractivity contribution < 1.29 is 26.3 Å². The molecule has 2 heterocycles. The van der Waals surface area contributed by atoms with Gasteiger partial charge in [-0.15, -0.1) is 11.3 Å². The second kappa shape index (κ2) is 9.09. The third kappa shape index (κ3) is 5.03. The molecule has 150 valence electrons. The molecule has 1 aromatic heterocycles. The van der Waals surface area contributed by atoms with Crippen LogP contribution in [-0.2, 0) is 29.3 Å². The summed E-state index contributed by atoms with van der Waals surface area (Å²) in [5, 5.41) is 7.87. The van der Waals surface area contributed by atoms with Crippen molar-refractivity contribution in [2.75, 3.05) is 33.5 Å². The van der Waals surface area contributed by atoms with E-state index in [-0.39, 0.29) is 14.5 Å². The number of thiophene rings is 1. The summed E-state index contributed by atoms with van der Waals surface area (Å²) in [5.74, 6) is 0. The van der Waals surface area contributed by atoms with Gasteiger partial charge >= 0.3 is 0 Å². The molecule has 0 bridgehead atoms. The van der Waals surface area contributed by atoms with E-state index in [9.17, 15) is 16.8 Å². The molecule has 11 heteroatoms. The zero-order valence-corrected chi connectivity index (χ0v) is 17.4. The fourth-order valence-electron chi connectivity index (χ4n) is 3.01. The molecule has 0 amide bonds. The number of nitrogens with two attached hydrogens (primary N) is 1. The Labute approximate surface area is 159 Å². The van der Waals surface area contributed by atoms with Gasteiger partial charge in [0.1, 0.15) is 8.42 Å². The van der Waals surface area contributed by atoms with Crippen molar-refractivity contribution in [3.05, 3.63) is 11.6 Å². The van der Waals surface area contributed by atoms with Crippen LogP contribution in [0.2, 0.25) is 0 Å². The van der Waals surface area contributed by atoms with Gasteiger partial charge in [0, 0.05) is 25.3 Å². The lowest BCUT2D eigenvalue weighted by molar-refractivity contribution is 0.0685. The summed E-state index contributed by atoms with van der Waals surface area (Å²) < 4.78 is 59.5. The van der Waals surface area contributed by atoms with E-state index >= 15 is 0 Å². The first-order valence-corrected chi connectivity index (χ1v) is 12.3. The van der Waals surface area contributed by atoms with Crippen LogP contribution in [0.1, 0.15) is 37.8 Å². The number of nitrogens with one attached hydrogen (secondary N) is 1. The van der Waals surface area contributed by atoms with E-state index in [0.717, 1.165) is 11.3 Å². The lowest BCUT2D eigenvalue weighted by atomic mass is 10.0. The van der Waals surface area contributed by atoms with E-state index < -0.39 is 25.1 Å². The first-order valence-electron chi connectivity index (χ1n) is 8.42. The summed E-state index contributed by atoms with van der Waals surface area (Å²) in [7, 11) is -5.94. The lowest BCUT2D eigenvalue weighted by Crippen LogP contribution is -2.35. The van der Waals surface area contributed by atoms with Crippen LogP contribution >= 0.6 is 11.3 Å². The van der Waals surface area contributed by atoms with Gasteiger partial charge < -0.3 is 14.8 Å². The first kappa shape index (κ1) is 21.7. The number of methoxy groups -OCH3 is 1. The molecule has 8 nitrogen and oxygen atoms in total. The first-order chi connectivity index (χ1) is 12.2. The number of sulfonamides is 1. The smallest absolute Gasteiger partial charge is 0.247 e. The Morgan fingerprint density at radius 3 is 2.69 bits per heavy atom. The quantitative estimate of drug-likeness (QED) is 0.535. The van der Waals surface area contributed by atoms with Crippen molar-refractivity contribution >= 4 is 31.2 Å².